The fraction of sp³-hybridized carbons (Fsp3) is 0.385. The van der Waals surface area contributed by atoms with Crippen LogP contribution in [0.5, 0.6) is 0 Å². The van der Waals surface area contributed by atoms with Crippen LogP contribution in [0.1, 0.15) is 59.7 Å². The van der Waals surface area contributed by atoms with Crippen molar-refractivity contribution in [1.82, 2.24) is 35.2 Å². The van der Waals surface area contributed by atoms with Crippen LogP contribution in [-0.4, -0.2) is 58.2 Å². The fourth-order valence-corrected chi connectivity index (χ4v) is 8.40. The standard InChI is InChI=1S/C39H36ClF7N8O3S/c1-20-13-28-35(39(45,46)47)51-55(36(28)38(20,43)44)19-31(56)50-30(16-22-14-23(41)17-24(42)15-22)33-26(9-8-25(49-33)7-6-21-5-4-12-48-18-21)27-10-11-29(40)32-34(27)54(2)52-37(32)53-59(3,57)58/h8-11,14-15,17,20-21,30,48H,4-5,12-13,16,18-19H2,1-3H3,(H,50,56)(H,52,53)/t20-,21?,30+/m1/s1. The van der Waals surface area contributed by atoms with Gasteiger partial charge in [0, 0.05) is 48.2 Å². The zero-order valence-corrected chi connectivity index (χ0v) is 33.2. The summed E-state index contributed by atoms with van der Waals surface area (Å²) in [5, 5.41) is 14.0. The molecule has 1 amide bonds. The van der Waals surface area contributed by atoms with Gasteiger partial charge in [-0.2, -0.15) is 32.1 Å². The predicted octanol–water partition coefficient (Wildman–Crippen LogP) is 6.89. The highest BCUT2D eigenvalue weighted by Crippen LogP contribution is 2.49. The molecule has 11 nitrogen and oxygen atoms in total. The second-order valence-electron chi connectivity index (χ2n) is 14.8. The van der Waals surface area contributed by atoms with E-state index in [-0.39, 0.29) is 51.1 Å². The Morgan fingerprint density at radius 2 is 1.81 bits per heavy atom. The number of hydrogen-bond acceptors (Lipinski definition) is 7. The molecule has 0 radical (unpaired) electrons. The van der Waals surface area contributed by atoms with Crippen molar-refractivity contribution < 1.29 is 43.9 Å². The Bertz CT molecular complexity index is 2630. The number of amides is 1. The van der Waals surface area contributed by atoms with Gasteiger partial charge < -0.3 is 10.6 Å². The molecule has 0 spiro atoms. The molecule has 1 aliphatic carbocycles. The monoisotopic (exact) mass is 864 g/mol. The number of halogens is 8. The van der Waals surface area contributed by atoms with Crippen LogP contribution < -0.4 is 15.4 Å². The van der Waals surface area contributed by atoms with Gasteiger partial charge in [0.1, 0.15) is 29.6 Å². The number of alkyl halides is 5. The third-order valence-corrected chi connectivity index (χ3v) is 11.1. The van der Waals surface area contributed by atoms with Crippen LogP contribution in [0, 0.1) is 35.3 Å². The maximum Gasteiger partial charge on any atom is 0.435 e. The Balaban J connectivity index is 1.39. The van der Waals surface area contributed by atoms with E-state index in [1.165, 1.54) is 17.8 Å². The highest BCUT2D eigenvalue weighted by atomic mass is 35.5. The minimum atomic E-state index is -5.09. The topological polar surface area (TPSA) is 136 Å². The average molecular weight is 865 g/mol. The Hall–Kier alpha value is -5.19. The summed E-state index contributed by atoms with van der Waals surface area (Å²) in [4.78, 5) is 18.8. The van der Waals surface area contributed by atoms with Crippen molar-refractivity contribution in [3.05, 3.63) is 93.0 Å². The molecule has 312 valence electrons. The number of carbonyl (C=O) groups is 1. The molecule has 20 heteroatoms. The van der Waals surface area contributed by atoms with E-state index in [1.54, 1.807) is 18.2 Å². The molecule has 4 heterocycles. The molecule has 1 saturated heterocycles. The van der Waals surface area contributed by atoms with E-state index in [0.29, 0.717) is 28.4 Å². The number of pyridine rings is 1. The first-order chi connectivity index (χ1) is 27.7. The van der Waals surface area contributed by atoms with E-state index < -0.39 is 81.5 Å². The number of piperidine rings is 1. The number of aromatic nitrogens is 5. The van der Waals surface area contributed by atoms with Gasteiger partial charge >= 0.3 is 6.18 Å². The molecule has 5 aromatic rings. The van der Waals surface area contributed by atoms with Gasteiger partial charge in [0.25, 0.3) is 5.92 Å². The summed E-state index contributed by atoms with van der Waals surface area (Å²) in [7, 11) is -2.30. The molecular weight excluding hydrogens is 829 g/mol. The number of sulfonamides is 1. The number of rotatable bonds is 9. The molecule has 3 N–H and O–H groups in total. The van der Waals surface area contributed by atoms with E-state index in [0.717, 1.165) is 44.7 Å². The SMILES string of the molecule is C[C@@H]1Cc2c(C(F)(F)F)nn(CC(=O)N[C@@H](Cc3cc(F)cc(F)c3)c3nc(C#CC4CCCNC4)ccc3-c3ccc(Cl)c4c(NS(C)(=O)=O)nn(C)c34)c2C1(F)F. The maximum absolute atomic E-state index is 15.4. The van der Waals surface area contributed by atoms with E-state index in [4.69, 9.17) is 16.6 Å². The van der Waals surface area contributed by atoms with Crippen molar-refractivity contribution in [3.8, 4) is 23.0 Å². The van der Waals surface area contributed by atoms with Crippen molar-refractivity contribution in [2.75, 3.05) is 24.1 Å². The van der Waals surface area contributed by atoms with Gasteiger partial charge in [0.2, 0.25) is 15.9 Å². The quantitative estimate of drug-likeness (QED) is 0.109. The number of nitrogens with zero attached hydrogens (tertiary/aromatic N) is 5. The Morgan fingerprint density at radius 3 is 2.47 bits per heavy atom. The van der Waals surface area contributed by atoms with Crippen LogP contribution in [0.2, 0.25) is 5.02 Å². The number of aryl methyl sites for hydroxylation is 1. The normalized spacial score (nSPS) is 18.3. The molecule has 1 unspecified atom stereocenters. The van der Waals surface area contributed by atoms with E-state index >= 15 is 8.78 Å². The van der Waals surface area contributed by atoms with Gasteiger partial charge in [-0.15, -0.1) is 0 Å². The molecule has 3 atom stereocenters. The van der Waals surface area contributed by atoms with Gasteiger partial charge in [-0.25, -0.2) is 22.2 Å². The summed E-state index contributed by atoms with van der Waals surface area (Å²) in [6, 6.07) is 7.63. The van der Waals surface area contributed by atoms with Crippen LogP contribution in [0.15, 0.2) is 42.5 Å². The van der Waals surface area contributed by atoms with Crippen LogP contribution in [0.25, 0.3) is 22.0 Å². The van der Waals surface area contributed by atoms with Crippen LogP contribution in [-0.2, 0) is 53.4 Å². The highest BCUT2D eigenvalue weighted by molar-refractivity contribution is 7.92. The van der Waals surface area contributed by atoms with Crippen molar-refractivity contribution in [3.63, 3.8) is 0 Å². The number of nitrogens with one attached hydrogen (secondary N) is 3. The Morgan fingerprint density at radius 1 is 1.10 bits per heavy atom. The Kier molecular flexibility index (Phi) is 11.2. The third kappa shape index (κ3) is 8.75. The van der Waals surface area contributed by atoms with Crippen LogP contribution in [0.3, 0.4) is 0 Å². The van der Waals surface area contributed by atoms with Gasteiger partial charge in [0.15, 0.2) is 11.5 Å². The summed E-state index contributed by atoms with van der Waals surface area (Å²) in [6.45, 7) is 1.51. The molecule has 2 aromatic carbocycles. The van der Waals surface area contributed by atoms with Crippen molar-refractivity contribution in [2.45, 2.75) is 57.3 Å². The maximum atomic E-state index is 15.4. The summed E-state index contributed by atoms with van der Waals surface area (Å²) >= 11 is 6.60. The fourth-order valence-electron chi connectivity index (χ4n) is 7.66. The Labute approximate surface area is 338 Å². The molecule has 59 heavy (non-hydrogen) atoms. The number of hydrogen-bond donors (Lipinski definition) is 3. The largest absolute Gasteiger partial charge is 0.435 e. The average Bonchev–Trinajstić information content (AvgIpc) is 3.74. The lowest BCUT2D eigenvalue weighted by atomic mass is 9.93. The lowest BCUT2D eigenvalue weighted by Gasteiger charge is -2.23. The van der Waals surface area contributed by atoms with Crippen LogP contribution >= 0.6 is 11.6 Å². The number of fused-ring (bicyclic) bond motifs is 2. The first-order valence-electron chi connectivity index (χ1n) is 18.4. The second kappa shape index (κ2) is 15.8. The smallest absolute Gasteiger partial charge is 0.346 e. The zero-order chi connectivity index (χ0) is 42.6. The van der Waals surface area contributed by atoms with Crippen LogP contribution in [0.4, 0.5) is 36.6 Å². The number of anilines is 1. The van der Waals surface area contributed by atoms with Gasteiger partial charge in [-0.1, -0.05) is 30.5 Å². The molecule has 7 rings (SSSR count). The molecule has 1 aliphatic heterocycles. The zero-order valence-electron chi connectivity index (χ0n) is 31.6. The number of benzene rings is 2. The summed E-state index contributed by atoms with van der Waals surface area (Å²) in [6.07, 6.45) is -3.40. The van der Waals surface area contributed by atoms with E-state index in [1.807, 2.05) is 0 Å². The second-order valence-corrected chi connectivity index (χ2v) is 16.9. The first kappa shape index (κ1) is 42.0. The number of carbonyl (C=O) groups excluding carboxylic acids is 1. The molecule has 0 saturated carbocycles. The van der Waals surface area contributed by atoms with Crippen molar-refractivity contribution in [1.29, 1.82) is 0 Å². The van der Waals surface area contributed by atoms with E-state index in [2.05, 4.69) is 37.4 Å². The van der Waals surface area contributed by atoms with Gasteiger partial charge in [-0.3, -0.25) is 18.9 Å². The van der Waals surface area contributed by atoms with E-state index in [9.17, 15) is 35.2 Å². The lowest BCUT2D eigenvalue weighted by Crippen LogP contribution is -2.35. The minimum absolute atomic E-state index is 0.0104. The summed E-state index contributed by atoms with van der Waals surface area (Å²) < 4.78 is 131. The summed E-state index contributed by atoms with van der Waals surface area (Å²) in [5.74, 6) is -2.05. The van der Waals surface area contributed by atoms with Crippen molar-refractivity contribution >= 4 is 44.3 Å². The van der Waals surface area contributed by atoms with Crippen molar-refractivity contribution in [2.24, 2.45) is 18.9 Å². The first-order valence-corrected chi connectivity index (χ1v) is 20.6. The molecule has 1 fully saturated rings. The van der Waals surface area contributed by atoms with Gasteiger partial charge in [0.05, 0.1) is 33.9 Å². The molecule has 0 bridgehead atoms. The van der Waals surface area contributed by atoms with Gasteiger partial charge in [-0.05, 0) is 74.0 Å². The lowest BCUT2D eigenvalue weighted by molar-refractivity contribution is -0.142. The molecule has 2 aliphatic rings. The molecular formula is C39H36ClF7N8O3S. The third-order valence-electron chi connectivity index (χ3n) is 10.2. The predicted molar refractivity (Wildman–Crippen MR) is 205 cm³/mol. The highest BCUT2D eigenvalue weighted by Gasteiger charge is 2.54. The summed E-state index contributed by atoms with van der Waals surface area (Å²) in [5.41, 5.74) is -1.98. The molecule has 3 aromatic heterocycles. The minimum Gasteiger partial charge on any atom is -0.346 e.